The predicted octanol–water partition coefficient (Wildman–Crippen LogP) is 0.665. The molecule has 0 saturated carbocycles. The molecule has 1 aromatic carbocycles. The fourth-order valence-corrected chi connectivity index (χ4v) is 2.22. The van der Waals surface area contributed by atoms with Gasteiger partial charge < -0.3 is 16.0 Å². The Bertz CT molecular complexity index is 472. The zero-order valence-electron chi connectivity index (χ0n) is 12.4. The van der Waals surface area contributed by atoms with Crippen LogP contribution in [-0.2, 0) is 16.1 Å². The Morgan fingerprint density at radius 3 is 2.57 bits per heavy atom. The normalized spacial score (nSPS) is 15.9. The highest BCUT2D eigenvalue weighted by molar-refractivity contribution is 5.80. The van der Waals surface area contributed by atoms with Gasteiger partial charge in [-0.05, 0) is 24.6 Å². The molecular formula is C16H23N3O2. The largest absolute Gasteiger partial charge is 0.355 e. The first-order valence-corrected chi connectivity index (χ1v) is 7.46. The molecule has 2 amide bonds. The maximum absolute atomic E-state index is 11.9. The quantitative estimate of drug-likeness (QED) is 0.691. The van der Waals surface area contributed by atoms with Crippen molar-refractivity contribution in [1.82, 2.24) is 16.0 Å². The first-order valence-electron chi connectivity index (χ1n) is 7.46. The second-order valence-corrected chi connectivity index (χ2v) is 5.51. The van der Waals surface area contributed by atoms with Crippen LogP contribution in [0.4, 0.5) is 0 Å². The van der Waals surface area contributed by atoms with Crippen molar-refractivity contribution < 1.29 is 9.59 Å². The molecule has 5 nitrogen and oxygen atoms in total. The van der Waals surface area contributed by atoms with Crippen LogP contribution in [0.25, 0.3) is 0 Å². The Kier molecular flexibility index (Phi) is 5.75. The molecule has 1 aromatic rings. The van der Waals surface area contributed by atoms with E-state index in [4.69, 9.17) is 0 Å². The van der Waals surface area contributed by atoms with Crippen LogP contribution in [0.5, 0.6) is 0 Å². The highest BCUT2D eigenvalue weighted by Crippen LogP contribution is 2.15. The van der Waals surface area contributed by atoms with Gasteiger partial charge in [0.05, 0.1) is 0 Å². The minimum absolute atomic E-state index is 0.0126. The molecule has 1 fully saturated rings. The van der Waals surface area contributed by atoms with E-state index in [1.165, 1.54) is 0 Å². The summed E-state index contributed by atoms with van der Waals surface area (Å²) in [6, 6.07) is 9.77. The molecule has 1 atom stereocenters. The van der Waals surface area contributed by atoms with Crippen LogP contribution in [0.3, 0.4) is 0 Å². The van der Waals surface area contributed by atoms with E-state index in [1.54, 1.807) is 0 Å². The standard InChI is InChI=1S/C16H23N3O2/c1-12(14-10-17-11-14)16(21)18-8-7-15(20)19-9-13-5-3-2-4-6-13/h2-6,12,14,17H,7-11H2,1H3,(H,18,21)(H,19,20). The average molecular weight is 289 g/mol. The van der Waals surface area contributed by atoms with Crippen molar-refractivity contribution >= 4 is 11.8 Å². The predicted molar refractivity (Wildman–Crippen MR) is 81.4 cm³/mol. The fraction of sp³-hybridized carbons (Fsp3) is 0.500. The summed E-state index contributed by atoms with van der Waals surface area (Å²) in [4.78, 5) is 23.6. The molecule has 2 rings (SSSR count). The van der Waals surface area contributed by atoms with Crippen molar-refractivity contribution in [2.75, 3.05) is 19.6 Å². The average Bonchev–Trinajstić information content (AvgIpc) is 2.44. The molecule has 21 heavy (non-hydrogen) atoms. The fourth-order valence-electron chi connectivity index (χ4n) is 2.22. The molecule has 5 heteroatoms. The van der Waals surface area contributed by atoms with Gasteiger partial charge in [-0.25, -0.2) is 0 Å². The van der Waals surface area contributed by atoms with Gasteiger partial charge in [0, 0.05) is 25.4 Å². The molecule has 1 aliphatic heterocycles. The molecular weight excluding hydrogens is 266 g/mol. The second kappa shape index (κ2) is 7.78. The van der Waals surface area contributed by atoms with Gasteiger partial charge in [-0.2, -0.15) is 0 Å². The third-order valence-electron chi connectivity index (χ3n) is 3.92. The van der Waals surface area contributed by atoms with E-state index in [0.717, 1.165) is 18.7 Å². The highest BCUT2D eigenvalue weighted by atomic mass is 16.2. The number of hydrogen-bond donors (Lipinski definition) is 3. The van der Waals surface area contributed by atoms with Crippen molar-refractivity contribution in [3.63, 3.8) is 0 Å². The molecule has 0 spiro atoms. The highest BCUT2D eigenvalue weighted by Gasteiger charge is 2.28. The molecule has 1 aliphatic rings. The topological polar surface area (TPSA) is 70.2 Å². The number of rotatable bonds is 7. The molecule has 0 bridgehead atoms. The summed E-state index contributed by atoms with van der Waals surface area (Å²) in [6.07, 6.45) is 0.314. The summed E-state index contributed by atoms with van der Waals surface area (Å²) in [5.41, 5.74) is 1.07. The van der Waals surface area contributed by atoms with Gasteiger partial charge >= 0.3 is 0 Å². The van der Waals surface area contributed by atoms with Gasteiger partial charge in [-0.1, -0.05) is 37.3 Å². The van der Waals surface area contributed by atoms with Gasteiger partial charge in [0.15, 0.2) is 0 Å². The van der Waals surface area contributed by atoms with Crippen molar-refractivity contribution in [3.05, 3.63) is 35.9 Å². The van der Waals surface area contributed by atoms with E-state index >= 15 is 0 Å². The number of carbonyl (C=O) groups excluding carboxylic acids is 2. The summed E-state index contributed by atoms with van der Waals surface area (Å²) in [5.74, 6) is 0.435. The number of nitrogens with one attached hydrogen (secondary N) is 3. The van der Waals surface area contributed by atoms with Gasteiger partial charge in [0.1, 0.15) is 0 Å². The van der Waals surface area contributed by atoms with E-state index < -0.39 is 0 Å². The minimum atomic E-state index is -0.0443. The van der Waals surface area contributed by atoms with Crippen LogP contribution in [0.15, 0.2) is 30.3 Å². The number of hydrogen-bond acceptors (Lipinski definition) is 3. The smallest absolute Gasteiger partial charge is 0.223 e. The zero-order valence-corrected chi connectivity index (χ0v) is 12.4. The maximum atomic E-state index is 11.9. The van der Waals surface area contributed by atoms with E-state index in [2.05, 4.69) is 16.0 Å². The second-order valence-electron chi connectivity index (χ2n) is 5.51. The van der Waals surface area contributed by atoms with E-state index in [-0.39, 0.29) is 17.7 Å². The Morgan fingerprint density at radius 1 is 1.24 bits per heavy atom. The van der Waals surface area contributed by atoms with Crippen LogP contribution in [-0.4, -0.2) is 31.4 Å². The first kappa shape index (κ1) is 15.5. The van der Waals surface area contributed by atoms with Gasteiger partial charge in [0.25, 0.3) is 0 Å². The molecule has 114 valence electrons. The van der Waals surface area contributed by atoms with Gasteiger partial charge in [-0.3, -0.25) is 9.59 Å². The summed E-state index contributed by atoms with van der Waals surface area (Å²) in [7, 11) is 0. The zero-order chi connectivity index (χ0) is 15.1. The van der Waals surface area contributed by atoms with Crippen molar-refractivity contribution in [1.29, 1.82) is 0 Å². The van der Waals surface area contributed by atoms with Crippen LogP contribution in [0.1, 0.15) is 18.9 Å². The molecule has 0 radical (unpaired) electrons. The van der Waals surface area contributed by atoms with Crippen LogP contribution >= 0.6 is 0 Å². The van der Waals surface area contributed by atoms with E-state index in [0.29, 0.717) is 25.4 Å². The molecule has 0 aliphatic carbocycles. The van der Waals surface area contributed by atoms with Crippen molar-refractivity contribution in [2.45, 2.75) is 19.9 Å². The van der Waals surface area contributed by atoms with E-state index in [1.807, 2.05) is 37.3 Å². The van der Waals surface area contributed by atoms with Crippen LogP contribution < -0.4 is 16.0 Å². The van der Waals surface area contributed by atoms with E-state index in [9.17, 15) is 9.59 Å². The van der Waals surface area contributed by atoms with Crippen LogP contribution in [0, 0.1) is 11.8 Å². The Balaban J connectivity index is 1.59. The Labute approximate surface area is 125 Å². The molecule has 3 N–H and O–H groups in total. The van der Waals surface area contributed by atoms with Gasteiger partial charge in [0.2, 0.25) is 11.8 Å². The summed E-state index contributed by atoms with van der Waals surface area (Å²) >= 11 is 0. The SMILES string of the molecule is CC(C(=O)NCCC(=O)NCc1ccccc1)C1CNC1. The lowest BCUT2D eigenvalue weighted by Crippen LogP contribution is -2.49. The maximum Gasteiger partial charge on any atom is 0.223 e. The lowest BCUT2D eigenvalue weighted by molar-refractivity contribution is -0.126. The minimum Gasteiger partial charge on any atom is -0.355 e. The summed E-state index contributed by atoms with van der Waals surface area (Å²) < 4.78 is 0. The number of benzene rings is 1. The Morgan fingerprint density at radius 2 is 1.95 bits per heavy atom. The van der Waals surface area contributed by atoms with Crippen molar-refractivity contribution in [3.8, 4) is 0 Å². The Hall–Kier alpha value is -1.88. The monoisotopic (exact) mass is 289 g/mol. The lowest BCUT2D eigenvalue weighted by Gasteiger charge is -2.31. The summed E-state index contributed by atoms with van der Waals surface area (Å²) in [5, 5.41) is 8.84. The molecule has 1 saturated heterocycles. The third kappa shape index (κ3) is 4.86. The molecule has 1 heterocycles. The molecule has 0 aromatic heterocycles. The van der Waals surface area contributed by atoms with Crippen molar-refractivity contribution in [2.24, 2.45) is 11.8 Å². The molecule has 1 unspecified atom stereocenters. The number of carbonyl (C=O) groups is 2. The summed E-state index contributed by atoms with van der Waals surface area (Å²) in [6.45, 7) is 4.68. The van der Waals surface area contributed by atoms with Gasteiger partial charge in [-0.15, -0.1) is 0 Å². The van der Waals surface area contributed by atoms with Crippen LogP contribution in [0.2, 0.25) is 0 Å². The lowest BCUT2D eigenvalue weighted by atomic mass is 9.88. The number of amides is 2. The first-order chi connectivity index (χ1) is 10.2. The third-order valence-corrected chi connectivity index (χ3v) is 3.92.